The molecule has 1 aliphatic rings. The second-order valence-corrected chi connectivity index (χ2v) is 5.72. The summed E-state index contributed by atoms with van der Waals surface area (Å²) in [4.78, 5) is 27.2. The lowest BCUT2D eigenvalue weighted by Crippen LogP contribution is -2.61. The van der Waals surface area contributed by atoms with E-state index in [1.54, 1.807) is 18.9 Å². The fraction of sp³-hybridized carbons (Fsp3) is 0.857. The van der Waals surface area contributed by atoms with Crippen LogP contribution in [-0.4, -0.2) is 52.1 Å². The van der Waals surface area contributed by atoms with Gasteiger partial charge in [-0.05, 0) is 39.5 Å². The zero-order chi connectivity index (χ0) is 14.6. The molecule has 0 spiro atoms. The lowest BCUT2D eigenvalue weighted by atomic mass is 9.88. The quantitative estimate of drug-likeness (QED) is 0.854. The topological polar surface area (TPSA) is 60.9 Å². The van der Waals surface area contributed by atoms with Crippen LogP contribution in [-0.2, 0) is 4.79 Å². The summed E-state index contributed by atoms with van der Waals surface area (Å²) in [5.74, 6) is -0.905. The number of carbonyl (C=O) groups excluding carboxylic acids is 1. The Kier molecular flexibility index (Phi) is 5.20. The highest BCUT2D eigenvalue weighted by Gasteiger charge is 2.45. The second-order valence-electron chi connectivity index (χ2n) is 5.72. The first-order chi connectivity index (χ1) is 8.84. The molecule has 0 aliphatic carbocycles. The number of urea groups is 1. The van der Waals surface area contributed by atoms with Crippen LogP contribution in [0.25, 0.3) is 0 Å². The van der Waals surface area contributed by atoms with Gasteiger partial charge in [-0.25, -0.2) is 9.59 Å². The molecule has 0 aromatic heterocycles. The van der Waals surface area contributed by atoms with Crippen molar-refractivity contribution in [1.82, 2.24) is 9.80 Å². The average molecular weight is 270 g/mol. The van der Waals surface area contributed by atoms with Gasteiger partial charge in [-0.1, -0.05) is 13.3 Å². The molecule has 1 heterocycles. The van der Waals surface area contributed by atoms with Crippen molar-refractivity contribution >= 4 is 12.0 Å². The number of likely N-dealkylation sites (tertiary alicyclic amines) is 1. The van der Waals surface area contributed by atoms with Crippen LogP contribution in [0, 0.1) is 0 Å². The van der Waals surface area contributed by atoms with Crippen LogP contribution < -0.4 is 0 Å². The summed E-state index contributed by atoms with van der Waals surface area (Å²) in [6, 6.07) is -0.0250. The summed E-state index contributed by atoms with van der Waals surface area (Å²) >= 11 is 0. The van der Waals surface area contributed by atoms with Gasteiger partial charge in [0, 0.05) is 19.6 Å². The standard InChI is InChI=1S/C14H26N2O3/c1-5-8-11(2)15(4)13(19)16-10-7-6-9-14(16,3)12(17)18/h11H,5-10H2,1-4H3,(H,17,18). The van der Waals surface area contributed by atoms with Gasteiger partial charge in [0.1, 0.15) is 5.54 Å². The monoisotopic (exact) mass is 270 g/mol. The Balaban J connectivity index is 2.86. The molecule has 1 aliphatic heterocycles. The van der Waals surface area contributed by atoms with Gasteiger partial charge in [-0.15, -0.1) is 0 Å². The van der Waals surface area contributed by atoms with Crippen molar-refractivity contribution in [2.75, 3.05) is 13.6 Å². The van der Waals surface area contributed by atoms with Crippen molar-refractivity contribution in [2.45, 2.75) is 64.5 Å². The molecule has 1 saturated heterocycles. The van der Waals surface area contributed by atoms with Gasteiger partial charge in [0.15, 0.2) is 0 Å². The number of piperidine rings is 1. The number of hydrogen-bond donors (Lipinski definition) is 1. The van der Waals surface area contributed by atoms with E-state index in [2.05, 4.69) is 6.92 Å². The van der Waals surface area contributed by atoms with Crippen LogP contribution in [0.5, 0.6) is 0 Å². The van der Waals surface area contributed by atoms with Crippen molar-refractivity contribution < 1.29 is 14.7 Å². The lowest BCUT2D eigenvalue weighted by Gasteiger charge is -2.44. The summed E-state index contributed by atoms with van der Waals surface area (Å²) in [5.41, 5.74) is -1.06. The Morgan fingerprint density at radius 2 is 2.05 bits per heavy atom. The molecule has 0 bridgehead atoms. The number of hydrogen-bond acceptors (Lipinski definition) is 2. The fourth-order valence-corrected chi connectivity index (χ4v) is 2.64. The largest absolute Gasteiger partial charge is 0.480 e. The number of carboxylic acids is 1. The molecular formula is C14H26N2O3. The number of rotatable bonds is 4. The normalized spacial score (nSPS) is 24.9. The minimum Gasteiger partial charge on any atom is -0.480 e. The summed E-state index contributed by atoms with van der Waals surface area (Å²) in [7, 11) is 1.76. The fourth-order valence-electron chi connectivity index (χ4n) is 2.64. The molecule has 0 aromatic carbocycles. The molecule has 2 atom stereocenters. The Hall–Kier alpha value is -1.26. The molecule has 110 valence electrons. The SMILES string of the molecule is CCCC(C)N(C)C(=O)N1CCCCC1(C)C(=O)O. The van der Waals surface area contributed by atoms with Gasteiger partial charge in [0.2, 0.25) is 0 Å². The molecule has 2 unspecified atom stereocenters. The van der Waals surface area contributed by atoms with Crippen molar-refractivity contribution in [3.05, 3.63) is 0 Å². The maximum atomic E-state index is 12.5. The first kappa shape index (κ1) is 15.8. The van der Waals surface area contributed by atoms with Crippen molar-refractivity contribution in [3.63, 3.8) is 0 Å². The smallest absolute Gasteiger partial charge is 0.329 e. The van der Waals surface area contributed by atoms with Crippen LogP contribution in [0.1, 0.15) is 52.9 Å². The molecule has 1 N–H and O–H groups in total. The highest BCUT2D eigenvalue weighted by molar-refractivity contribution is 5.86. The molecule has 0 radical (unpaired) electrons. The van der Waals surface area contributed by atoms with Gasteiger partial charge < -0.3 is 14.9 Å². The Morgan fingerprint density at radius 1 is 1.42 bits per heavy atom. The van der Waals surface area contributed by atoms with Crippen LogP contribution in [0.2, 0.25) is 0 Å². The van der Waals surface area contributed by atoms with Crippen molar-refractivity contribution in [2.24, 2.45) is 0 Å². The maximum absolute atomic E-state index is 12.5. The van der Waals surface area contributed by atoms with E-state index >= 15 is 0 Å². The van der Waals surface area contributed by atoms with Crippen molar-refractivity contribution in [1.29, 1.82) is 0 Å². The number of aliphatic carboxylic acids is 1. The number of amides is 2. The van der Waals surface area contributed by atoms with Crippen LogP contribution in [0.3, 0.4) is 0 Å². The molecular weight excluding hydrogens is 244 g/mol. The van der Waals surface area contributed by atoms with E-state index in [-0.39, 0.29) is 12.1 Å². The molecule has 1 rings (SSSR count). The van der Waals surface area contributed by atoms with Gasteiger partial charge >= 0.3 is 12.0 Å². The van der Waals surface area contributed by atoms with Crippen LogP contribution >= 0.6 is 0 Å². The third-order valence-electron chi connectivity index (χ3n) is 4.25. The van der Waals surface area contributed by atoms with Gasteiger partial charge in [0.05, 0.1) is 0 Å². The molecule has 1 fully saturated rings. The predicted molar refractivity (Wildman–Crippen MR) is 74.1 cm³/mol. The molecule has 5 nitrogen and oxygen atoms in total. The Morgan fingerprint density at radius 3 is 2.58 bits per heavy atom. The zero-order valence-electron chi connectivity index (χ0n) is 12.5. The first-order valence-electron chi connectivity index (χ1n) is 7.12. The third kappa shape index (κ3) is 3.19. The molecule has 2 amide bonds. The van der Waals surface area contributed by atoms with E-state index in [9.17, 15) is 14.7 Å². The lowest BCUT2D eigenvalue weighted by molar-refractivity contribution is -0.150. The van der Waals surface area contributed by atoms with Gasteiger partial charge in [-0.2, -0.15) is 0 Å². The Labute approximate surface area is 115 Å². The van der Waals surface area contributed by atoms with E-state index in [0.29, 0.717) is 13.0 Å². The summed E-state index contributed by atoms with van der Waals surface area (Å²) in [6.07, 6.45) is 4.21. The zero-order valence-corrected chi connectivity index (χ0v) is 12.5. The van der Waals surface area contributed by atoms with E-state index in [1.165, 1.54) is 4.90 Å². The summed E-state index contributed by atoms with van der Waals surface area (Å²) in [6.45, 7) is 6.27. The summed E-state index contributed by atoms with van der Waals surface area (Å²) < 4.78 is 0. The molecule has 19 heavy (non-hydrogen) atoms. The van der Waals surface area contributed by atoms with E-state index in [0.717, 1.165) is 25.7 Å². The van der Waals surface area contributed by atoms with Gasteiger partial charge in [0.25, 0.3) is 0 Å². The second kappa shape index (κ2) is 6.26. The minimum absolute atomic E-state index is 0.137. The average Bonchev–Trinajstić information content (AvgIpc) is 2.37. The minimum atomic E-state index is -1.06. The predicted octanol–water partition coefficient (Wildman–Crippen LogP) is 2.56. The summed E-state index contributed by atoms with van der Waals surface area (Å²) in [5, 5.41) is 9.43. The number of carbonyl (C=O) groups is 2. The Bertz CT molecular complexity index is 346. The highest BCUT2D eigenvalue weighted by Crippen LogP contribution is 2.29. The van der Waals surface area contributed by atoms with E-state index < -0.39 is 11.5 Å². The van der Waals surface area contributed by atoms with Gasteiger partial charge in [-0.3, -0.25) is 0 Å². The van der Waals surface area contributed by atoms with Crippen molar-refractivity contribution in [3.8, 4) is 0 Å². The van der Waals surface area contributed by atoms with E-state index in [1.807, 2.05) is 6.92 Å². The van der Waals surface area contributed by atoms with Crippen LogP contribution in [0.4, 0.5) is 4.79 Å². The maximum Gasteiger partial charge on any atom is 0.329 e. The molecule has 0 aromatic rings. The number of carboxylic acid groups (broad SMARTS) is 1. The molecule has 0 saturated carbocycles. The first-order valence-corrected chi connectivity index (χ1v) is 7.12. The van der Waals surface area contributed by atoms with E-state index in [4.69, 9.17) is 0 Å². The number of nitrogens with zero attached hydrogens (tertiary/aromatic N) is 2. The van der Waals surface area contributed by atoms with Crippen LogP contribution in [0.15, 0.2) is 0 Å². The highest BCUT2D eigenvalue weighted by atomic mass is 16.4. The molecule has 5 heteroatoms. The third-order valence-corrected chi connectivity index (χ3v) is 4.25.